The maximum absolute atomic E-state index is 10.4. The summed E-state index contributed by atoms with van der Waals surface area (Å²) in [5, 5.41) is 28.9. The lowest BCUT2D eigenvalue weighted by molar-refractivity contribution is -0.137. The summed E-state index contributed by atoms with van der Waals surface area (Å²) in [5.41, 5.74) is 0. The van der Waals surface area contributed by atoms with E-state index >= 15 is 0 Å². The molecule has 2 unspecified atom stereocenters. The third-order valence-corrected chi connectivity index (χ3v) is 6.90. The molecule has 33 heavy (non-hydrogen) atoms. The zero-order valence-electron chi connectivity index (χ0n) is 22.1. The lowest BCUT2D eigenvalue weighted by Gasteiger charge is -2.14. The van der Waals surface area contributed by atoms with Crippen LogP contribution in [0.5, 0.6) is 0 Å². The van der Waals surface area contributed by atoms with Crippen molar-refractivity contribution >= 4 is 5.97 Å². The number of carbonyl (C=O) groups is 1. The van der Waals surface area contributed by atoms with E-state index < -0.39 is 5.97 Å². The van der Waals surface area contributed by atoms with Gasteiger partial charge >= 0.3 is 5.97 Å². The number of aliphatic carboxylic acids is 1. The summed E-state index contributed by atoms with van der Waals surface area (Å²) in [6.45, 7) is 2.27. The topological polar surface area (TPSA) is 77.8 Å². The molecule has 0 spiro atoms. The van der Waals surface area contributed by atoms with E-state index in [1.165, 1.54) is 83.5 Å². The molecule has 0 rings (SSSR count). The monoisotopic (exact) mass is 470 g/mol. The number of carboxylic acid groups (broad SMARTS) is 1. The van der Waals surface area contributed by atoms with E-state index in [9.17, 15) is 15.0 Å². The van der Waals surface area contributed by atoms with Crippen LogP contribution in [0, 0.1) is 0 Å². The molecule has 0 radical (unpaired) electrons. The minimum absolute atomic E-state index is 0.252. The quantitative estimate of drug-likeness (QED) is 0.105. The van der Waals surface area contributed by atoms with E-state index in [2.05, 4.69) is 6.92 Å². The Morgan fingerprint density at radius 2 is 0.788 bits per heavy atom. The van der Waals surface area contributed by atoms with Crippen LogP contribution in [0.4, 0.5) is 0 Å². The van der Waals surface area contributed by atoms with Crippen LogP contribution in [-0.2, 0) is 4.79 Å². The zero-order valence-corrected chi connectivity index (χ0v) is 22.1. The molecule has 0 saturated carbocycles. The Morgan fingerprint density at radius 3 is 1.12 bits per heavy atom. The van der Waals surface area contributed by atoms with Gasteiger partial charge in [-0.3, -0.25) is 4.79 Å². The fourth-order valence-electron chi connectivity index (χ4n) is 4.61. The van der Waals surface area contributed by atoms with Crippen molar-refractivity contribution in [2.45, 2.75) is 180 Å². The molecule has 0 amide bonds. The van der Waals surface area contributed by atoms with Crippen molar-refractivity contribution < 1.29 is 20.1 Å². The number of carboxylic acids is 1. The normalized spacial score (nSPS) is 13.3. The highest BCUT2D eigenvalue weighted by Crippen LogP contribution is 2.16. The van der Waals surface area contributed by atoms with Crippen LogP contribution in [0.2, 0.25) is 0 Å². The fourth-order valence-corrected chi connectivity index (χ4v) is 4.61. The number of rotatable bonds is 27. The van der Waals surface area contributed by atoms with Gasteiger partial charge < -0.3 is 15.3 Å². The van der Waals surface area contributed by atoms with Gasteiger partial charge in [0.2, 0.25) is 0 Å². The molecule has 198 valence electrons. The molecule has 0 aliphatic rings. The highest BCUT2D eigenvalue weighted by molar-refractivity contribution is 5.66. The van der Waals surface area contributed by atoms with E-state index in [0.717, 1.165) is 70.6 Å². The Bertz CT molecular complexity index is 399. The van der Waals surface area contributed by atoms with E-state index in [0.29, 0.717) is 0 Å². The molecule has 0 aliphatic carbocycles. The van der Waals surface area contributed by atoms with Gasteiger partial charge in [0.05, 0.1) is 12.2 Å². The van der Waals surface area contributed by atoms with Gasteiger partial charge in [0.1, 0.15) is 0 Å². The second-order valence-electron chi connectivity index (χ2n) is 10.3. The van der Waals surface area contributed by atoms with E-state index in [1.807, 2.05) is 0 Å². The van der Waals surface area contributed by atoms with Crippen molar-refractivity contribution in [3.05, 3.63) is 0 Å². The fraction of sp³-hybridized carbons (Fsp3) is 0.966. The second kappa shape index (κ2) is 26.0. The van der Waals surface area contributed by atoms with Crippen LogP contribution in [0.25, 0.3) is 0 Å². The maximum atomic E-state index is 10.4. The van der Waals surface area contributed by atoms with E-state index in [-0.39, 0.29) is 18.6 Å². The Labute approximate surface area is 206 Å². The average Bonchev–Trinajstić information content (AvgIpc) is 2.79. The van der Waals surface area contributed by atoms with Gasteiger partial charge in [0.15, 0.2) is 0 Å². The molecular formula is C29H58O4. The van der Waals surface area contributed by atoms with Crippen LogP contribution >= 0.6 is 0 Å². The van der Waals surface area contributed by atoms with Crippen molar-refractivity contribution in [1.29, 1.82) is 0 Å². The minimum Gasteiger partial charge on any atom is -0.481 e. The van der Waals surface area contributed by atoms with Gasteiger partial charge in [0.25, 0.3) is 0 Å². The number of unbranched alkanes of at least 4 members (excludes halogenated alkanes) is 18. The molecular weight excluding hydrogens is 412 g/mol. The molecule has 0 fully saturated rings. The van der Waals surface area contributed by atoms with Crippen LogP contribution in [0.15, 0.2) is 0 Å². The minimum atomic E-state index is -0.696. The smallest absolute Gasteiger partial charge is 0.303 e. The summed E-state index contributed by atoms with van der Waals surface area (Å²) >= 11 is 0. The van der Waals surface area contributed by atoms with Gasteiger partial charge in [-0.15, -0.1) is 0 Å². The largest absolute Gasteiger partial charge is 0.481 e. The van der Waals surface area contributed by atoms with Gasteiger partial charge in [-0.25, -0.2) is 0 Å². The predicted molar refractivity (Wildman–Crippen MR) is 141 cm³/mol. The molecule has 0 heterocycles. The third kappa shape index (κ3) is 27.5. The summed E-state index contributed by atoms with van der Waals surface area (Å²) in [4.78, 5) is 10.4. The van der Waals surface area contributed by atoms with Gasteiger partial charge in [-0.2, -0.15) is 0 Å². The summed E-state index contributed by atoms with van der Waals surface area (Å²) in [6.07, 6.45) is 27.9. The molecule has 0 bridgehead atoms. The molecule has 0 aromatic rings. The number of aliphatic hydroxyl groups excluding tert-OH is 2. The molecule has 4 heteroatoms. The first kappa shape index (κ1) is 32.4. The van der Waals surface area contributed by atoms with Crippen LogP contribution in [-0.4, -0.2) is 33.5 Å². The molecule has 0 aromatic carbocycles. The molecule has 0 aliphatic heterocycles. The summed E-state index contributed by atoms with van der Waals surface area (Å²) < 4.78 is 0. The molecule has 3 N–H and O–H groups in total. The molecule has 2 atom stereocenters. The average molecular weight is 471 g/mol. The molecule has 4 nitrogen and oxygen atoms in total. The van der Waals surface area contributed by atoms with E-state index in [4.69, 9.17) is 5.11 Å². The third-order valence-electron chi connectivity index (χ3n) is 6.90. The van der Waals surface area contributed by atoms with Crippen molar-refractivity contribution in [3.8, 4) is 0 Å². The summed E-state index contributed by atoms with van der Waals surface area (Å²) in [5.74, 6) is -0.696. The first-order valence-electron chi connectivity index (χ1n) is 14.6. The van der Waals surface area contributed by atoms with E-state index in [1.54, 1.807) is 0 Å². The lowest BCUT2D eigenvalue weighted by Crippen LogP contribution is -2.13. The van der Waals surface area contributed by atoms with Gasteiger partial charge in [0, 0.05) is 6.42 Å². The maximum Gasteiger partial charge on any atom is 0.303 e. The summed E-state index contributed by atoms with van der Waals surface area (Å²) in [7, 11) is 0. The number of hydrogen-bond donors (Lipinski definition) is 3. The Hall–Kier alpha value is -0.610. The van der Waals surface area contributed by atoms with Crippen LogP contribution in [0.1, 0.15) is 167 Å². The lowest BCUT2D eigenvalue weighted by atomic mass is 9.99. The molecule has 0 saturated heterocycles. The van der Waals surface area contributed by atoms with Crippen LogP contribution in [0.3, 0.4) is 0 Å². The Morgan fingerprint density at radius 1 is 0.485 bits per heavy atom. The second-order valence-corrected chi connectivity index (χ2v) is 10.3. The Kier molecular flexibility index (Phi) is 25.5. The number of hydrogen-bond acceptors (Lipinski definition) is 3. The standard InChI is InChI=1S/C29H58O4/c1-2-3-4-5-6-7-8-9-10-11-13-16-19-22-27(30)25-26-28(31)23-20-17-14-12-15-18-21-24-29(32)33/h27-28,30-31H,2-26H2,1H3,(H,32,33). The van der Waals surface area contributed by atoms with Crippen molar-refractivity contribution in [2.24, 2.45) is 0 Å². The first-order chi connectivity index (χ1) is 16.1. The van der Waals surface area contributed by atoms with Gasteiger partial charge in [-0.1, -0.05) is 129 Å². The zero-order chi connectivity index (χ0) is 24.4. The SMILES string of the molecule is CCCCCCCCCCCCCCCC(O)CCC(O)CCCCCCCCCC(=O)O. The van der Waals surface area contributed by atoms with Gasteiger partial charge in [-0.05, 0) is 32.1 Å². The highest BCUT2D eigenvalue weighted by Gasteiger charge is 2.09. The highest BCUT2D eigenvalue weighted by atomic mass is 16.4. The van der Waals surface area contributed by atoms with Crippen molar-refractivity contribution in [3.63, 3.8) is 0 Å². The van der Waals surface area contributed by atoms with Crippen LogP contribution < -0.4 is 0 Å². The van der Waals surface area contributed by atoms with Crippen molar-refractivity contribution in [1.82, 2.24) is 0 Å². The molecule has 0 aromatic heterocycles. The predicted octanol–water partition coefficient (Wildman–Crippen LogP) is 8.57. The van der Waals surface area contributed by atoms with Crippen molar-refractivity contribution in [2.75, 3.05) is 0 Å². The first-order valence-corrected chi connectivity index (χ1v) is 14.6. The Balaban J connectivity index is 3.29. The summed E-state index contributed by atoms with van der Waals surface area (Å²) in [6, 6.07) is 0. The number of aliphatic hydroxyl groups is 2.